The van der Waals surface area contributed by atoms with Gasteiger partial charge in [-0.05, 0) is 24.1 Å². The number of ether oxygens (including phenoxy) is 1. The molecule has 116 valence electrons. The summed E-state index contributed by atoms with van der Waals surface area (Å²) in [5.74, 6) is 5.81. The average molecular weight is 311 g/mol. The number of aliphatic hydroxyl groups is 1. The molecule has 0 saturated heterocycles. The summed E-state index contributed by atoms with van der Waals surface area (Å²) in [5, 5.41) is 8.64. The summed E-state index contributed by atoms with van der Waals surface area (Å²) in [4.78, 5) is 0. The van der Waals surface area contributed by atoms with Crippen LogP contribution in [0.25, 0.3) is 0 Å². The van der Waals surface area contributed by atoms with Gasteiger partial charge in [0, 0.05) is 32.2 Å². The minimum atomic E-state index is -3.27. The Hall–Kier alpha value is -1.39. The zero-order valence-corrected chi connectivity index (χ0v) is 12.9. The molecule has 0 atom stereocenters. The number of rotatable bonds is 8. The summed E-state index contributed by atoms with van der Waals surface area (Å²) < 4.78 is 30.8. The first-order chi connectivity index (χ1) is 10.1. The minimum absolute atomic E-state index is 0.0515. The molecule has 0 aliphatic heterocycles. The molecule has 0 bridgehead atoms. The molecular weight excluding hydrogens is 290 g/mol. The van der Waals surface area contributed by atoms with Crippen LogP contribution in [-0.4, -0.2) is 39.6 Å². The van der Waals surface area contributed by atoms with Crippen molar-refractivity contribution in [2.75, 3.05) is 26.1 Å². The Balaban J connectivity index is 2.47. The topological polar surface area (TPSA) is 75.6 Å². The highest BCUT2D eigenvalue weighted by Crippen LogP contribution is 2.04. The molecule has 0 fully saturated rings. The Morgan fingerprint density at radius 1 is 1.29 bits per heavy atom. The van der Waals surface area contributed by atoms with Gasteiger partial charge in [-0.1, -0.05) is 24.0 Å². The van der Waals surface area contributed by atoms with E-state index in [1.165, 1.54) is 0 Å². The quantitative estimate of drug-likeness (QED) is 0.552. The van der Waals surface area contributed by atoms with Crippen molar-refractivity contribution in [3.05, 3.63) is 35.4 Å². The van der Waals surface area contributed by atoms with Crippen LogP contribution in [0.1, 0.15) is 24.0 Å². The van der Waals surface area contributed by atoms with E-state index >= 15 is 0 Å². The average Bonchev–Trinajstić information content (AvgIpc) is 2.47. The normalized spacial score (nSPS) is 11.0. The zero-order chi connectivity index (χ0) is 15.6. The van der Waals surface area contributed by atoms with Gasteiger partial charge < -0.3 is 9.84 Å². The third-order valence-corrected chi connectivity index (χ3v) is 4.09. The van der Waals surface area contributed by atoms with E-state index in [1.807, 2.05) is 24.3 Å². The SMILES string of the molecule is COCCCS(=O)(=O)NCc1ccc(C#CCCO)cc1. The van der Waals surface area contributed by atoms with Crippen LogP contribution in [0.2, 0.25) is 0 Å². The van der Waals surface area contributed by atoms with Crippen molar-refractivity contribution in [1.82, 2.24) is 4.72 Å². The third kappa shape index (κ3) is 7.83. The summed E-state index contributed by atoms with van der Waals surface area (Å²) in [6, 6.07) is 7.33. The van der Waals surface area contributed by atoms with Gasteiger partial charge >= 0.3 is 0 Å². The van der Waals surface area contributed by atoms with Crippen molar-refractivity contribution >= 4 is 10.0 Å². The molecule has 21 heavy (non-hydrogen) atoms. The van der Waals surface area contributed by atoms with Crippen LogP contribution < -0.4 is 4.72 Å². The predicted octanol–water partition coefficient (Wildman–Crippen LogP) is 0.876. The van der Waals surface area contributed by atoms with Crippen molar-refractivity contribution in [1.29, 1.82) is 0 Å². The first-order valence-electron chi connectivity index (χ1n) is 6.72. The number of hydrogen-bond donors (Lipinski definition) is 2. The second kappa shape index (κ2) is 9.53. The monoisotopic (exact) mass is 311 g/mol. The fourth-order valence-electron chi connectivity index (χ4n) is 1.59. The maximum Gasteiger partial charge on any atom is 0.211 e. The Kier molecular flexibility index (Phi) is 8.01. The third-order valence-electron chi connectivity index (χ3n) is 2.68. The second-order valence-electron chi connectivity index (χ2n) is 4.46. The molecule has 0 aromatic heterocycles. The zero-order valence-electron chi connectivity index (χ0n) is 12.1. The fourth-order valence-corrected chi connectivity index (χ4v) is 2.61. The maximum atomic E-state index is 11.7. The van der Waals surface area contributed by atoms with E-state index in [0.29, 0.717) is 19.4 Å². The Morgan fingerprint density at radius 2 is 2.00 bits per heavy atom. The molecule has 5 nitrogen and oxygen atoms in total. The van der Waals surface area contributed by atoms with Gasteiger partial charge in [0.2, 0.25) is 10.0 Å². The number of hydrogen-bond acceptors (Lipinski definition) is 4. The van der Waals surface area contributed by atoms with Gasteiger partial charge in [-0.3, -0.25) is 0 Å². The van der Waals surface area contributed by atoms with E-state index in [2.05, 4.69) is 16.6 Å². The van der Waals surface area contributed by atoms with E-state index < -0.39 is 10.0 Å². The molecule has 1 aromatic carbocycles. The van der Waals surface area contributed by atoms with Crippen LogP contribution in [-0.2, 0) is 21.3 Å². The van der Waals surface area contributed by atoms with Gasteiger partial charge in [-0.25, -0.2) is 13.1 Å². The lowest BCUT2D eigenvalue weighted by Gasteiger charge is -2.06. The lowest BCUT2D eigenvalue weighted by molar-refractivity contribution is 0.199. The highest BCUT2D eigenvalue weighted by molar-refractivity contribution is 7.89. The molecule has 0 amide bonds. The highest BCUT2D eigenvalue weighted by atomic mass is 32.2. The van der Waals surface area contributed by atoms with Gasteiger partial charge in [0.05, 0.1) is 12.4 Å². The molecular formula is C15H21NO4S. The molecule has 0 aliphatic carbocycles. The van der Waals surface area contributed by atoms with Crippen molar-refractivity contribution < 1.29 is 18.3 Å². The number of aliphatic hydroxyl groups excluding tert-OH is 1. The van der Waals surface area contributed by atoms with E-state index in [-0.39, 0.29) is 18.9 Å². The molecule has 0 spiro atoms. The molecule has 0 heterocycles. The first kappa shape index (κ1) is 17.7. The Morgan fingerprint density at radius 3 is 2.62 bits per heavy atom. The minimum Gasteiger partial charge on any atom is -0.395 e. The number of sulfonamides is 1. The van der Waals surface area contributed by atoms with E-state index in [9.17, 15) is 8.42 Å². The molecule has 2 N–H and O–H groups in total. The van der Waals surface area contributed by atoms with Crippen LogP contribution in [0.3, 0.4) is 0 Å². The van der Waals surface area contributed by atoms with Crippen molar-refractivity contribution in [3.8, 4) is 11.8 Å². The lowest BCUT2D eigenvalue weighted by Crippen LogP contribution is -2.26. The molecule has 6 heteroatoms. The molecule has 0 unspecified atom stereocenters. The second-order valence-corrected chi connectivity index (χ2v) is 6.39. The number of benzene rings is 1. The smallest absolute Gasteiger partial charge is 0.211 e. The standard InChI is InChI=1S/C15H21NO4S/c1-20-11-4-12-21(18,19)16-13-15-8-6-14(7-9-15)5-2-3-10-17/h6-9,16-17H,3-4,10-13H2,1H3. The van der Waals surface area contributed by atoms with Gasteiger partial charge in [0.15, 0.2) is 0 Å². The Bertz CT molecular complexity index is 570. The van der Waals surface area contributed by atoms with Crippen LogP contribution in [0.5, 0.6) is 0 Å². The molecule has 0 aliphatic rings. The van der Waals surface area contributed by atoms with Crippen molar-refractivity contribution in [2.24, 2.45) is 0 Å². The van der Waals surface area contributed by atoms with Gasteiger partial charge in [0.1, 0.15) is 0 Å². The maximum absolute atomic E-state index is 11.7. The first-order valence-corrected chi connectivity index (χ1v) is 8.37. The van der Waals surface area contributed by atoms with E-state index in [1.54, 1.807) is 7.11 Å². The largest absolute Gasteiger partial charge is 0.395 e. The summed E-state index contributed by atoms with van der Waals surface area (Å²) in [6.07, 6.45) is 0.925. The summed E-state index contributed by atoms with van der Waals surface area (Å²) in [6.45, 7) is 0.748. The lowest BCUT2D eigenvalue weighted by atomic mass is 10.1. The van der Waals surface area contributed by atoms with Crippen molar-refractivity contribution in [2.45, 2.75) is 19.4 Å². The van der Waals surface area contributed by atoms with Crippen LogP contribution in [0.4, 0.5) is 0 Å². The predicted molar refractivity (Wildman–Crippen MR) is 82.1 cm³/mol. The van der Waals surface area contributed by atoms with Crippen LogP contribution >= 0.6 is 0 Å². The number of nitrogens with one attached hydrogen (secondary N) is 1. The number of methoxy groups -OCH3 is 1. The van der Waals surface area contributed by atoms with E-state index in [4.69, 9.17) is 9.84 Å². The fraction of sp³-hybridized carbons (Fsp3) is 0.467. The Labute approximate surface area is 126 Å². The molecule has 1 rings (SSSR count). The molecule has 0 radical (unpaired) electrons. The van der Waals surface area contributed by atoms with Crippen LogP contribution in [0, 0.1) is 11.8 Å². The summed E-state index contributed by atoms with van der Waals surface area (Å²) in [5.41, 5.74) is 1.72. The van der Waals surface area contributed by atoms with Crippen molar-refractivity contribution in [3.63, 3.8) is 0 Å². The van der Waals surface area contributed by atoms with Gasteiger partial charge in [-0.2, -0.15) is 0 Å². The molecule has 0 saturated carbocycles. The summed E-state index contributed by atoms with van der Waals surface area (Å²) >= 11 is 0. The summed E-state index contributed by atoms with van der Waals surface area (Å²) in [7, 11) is -1.72. The van der Waals surface area contributed by atoms with Gasteiger partial charge in [0.25, 0.3) is 0 Å². The highest BCUT2D eigenvalue weighted by Gasteiger charge is 2.09. The van der Waals surface area contributed by atoms with Gasteiger partial charge in [-0.15, -0.1) is 0 Å². The molecule has 1 aromatic rings. The van der Waals surface area contributed by atoms with E-state index in [0.717, 1.165) is 11.1 Å². The van der Waals surface area contributed by atoms with Crippen LogP contribution in [0.15, 0.2) is 24.3 Å².